The topological polar surface area (TPSA) is 114 Å². The minimum absolute atomic E-state index is 0.0166. The minimum Gasteiger partial charge on any atom is -0.456 e. The van der Waals surface area contributed by atoms with Crippen LogP contribution in [0.4, 0.5) is 0 Å². The molecule has 0 amide bonds. The maximum absolute atomic E-state index is 14.4. The van der Waals surface area contributed by atoms with Crippen molar-refractivity contribution in [3.63, 3.8) is 0 Å². The van der Waals surface area contributed by atoms with Gasteiger partial charge in [0.25, 0.3) is 0 Å². The molecule has 0 radical (unpaired) electrons. The third-order valence-corrected chi connectivity index (χ3v) is 13.2. The molecular weight excluding hydrogens is 650 g/mol. The second-order valence-electron chi connectivity index (χ2n) is 18.9. The van der Waals surface area contributed by atoms with Gasteiger partial charge in [-0.2, -0.15) is 0 Å². The second kappa shape index (κ2) is 16.2. The highest BCUT2D eigenvalue weighted by Crippen LogP contribution is 2.47. The van der Waals surface area contributed by atoms with Gasteiger partial charge in [0.2, 0.25) is 0 Å². The average molecular weight is 724 g/mol. The van der Waals surface area contributed by atoms with E-state index in [1.807, 2.05) is 27.7 Å². The van der Waals surface area contributed by atoms with Crippen molar-refractivity contribution in [3.05, 3.63) is 0 Å². The molecule has 0 saturated carbocycles. The number of oxime groups is 1. The molecule has 10 heteroatoms. The van der Waals surface area contributed by atoms with Crippen molar-refractivity contribution < 1.29 is 43.2 Å². The summed E-state index contributed by atoms with van der Waals surface area (Å²) in [6, 6.07) is 0. The summed E-state index contributed by atoms with van der Waals surface area (Å²) in [5.41, 5.74) is -0.147. The van der Waals surface area contributed by atoms with E-state index in [0.717, 1.165) is 12.8 Å². The molecule has 51 heavy (non-hydrogen) atoms. The molecule has 1 N–H and O–H groups in total. The first-order valence-corrected chi connectivity index (χ1v) is 19.9. The van der Waals surface area contributed by atoms with Gasteiger partial charge in [0.15, 0.2) is 18.4 Å². The number of rotatable bonds is 5. The summed E-state index contributed by atoms with van der Waals surface area (Å²) in [6.07, 6.45) is -0.667. The zero-order chi connectivity index (χ0) is 38.4. The number of fused-ring (bicyclic) bond motifs is 2. The molecule has 2 unspecified atom stereocenters. The summed E-state index contributed by atoms with van der Waals surface area (Å²) < 4.78 is 46.7. The van der Waals surface area contributed by atoms with Gasteiger partial charge in [-0.15, -0.1) is 0 Å². The molecule has 4 fully saturated rings. The molecule has 4 heterocycles. The van der Waals surface area contributed by atoms with Gasteiger partial charge in [-0.05, 0) is 82.5 Å². The van der Waals surface area contributed by atoms with Crippen molar-refractivity contribution in [2.45, 2.75) is 198 Å². The standard InChI is InChI=1S/C41H73NO9/c1-17-30-32(42-44)35-25(6)33(50-41(15,16)51-35)22(3)19-40(13,14)36(49-38-24(5)21(2)18-23(4)45-38)26(7)34(27(8)37(43)47-30)48-31-20-39(11,12)28(9)29(10)46-31/h21-31,33-36,38,44H,17-20H2,1-16H3/b42-32+/t21-,22+,23+,24+,25-,26-,27+,28-,29-,30+,31?,33-,34-,35+,36+,38?/m0/s1. The van der Waals surface area contributed by atoms with Crippen LogP contribution in [0, 0.1) is 52.3 Å². The zero-order valence-electron chi connectivity index (χ0n) is 34.7. The summed E-state index contributed by atoms with van der Waals surface area (Å²) >= 11 is 0. The van der Waals surface area contributed by atoms with Crippen molar-refractivity contribution in [2.24, 2.45) is 57.4 Å². The largest absolute Gasteiger partial charge is 0.456 e. The Bertz CT molecular complexity index is 1200. The first-order valence-electron chi connectivity index (χ1n) is 19.9. The lowest BCUT2D eigenvalue weighted by molar-refractivity contribution is -0.318. The summed E-state index contributed by atoms with van der Waals surface area (Å²) in [6.45, 7) is 33.9. The van der Waals surface area contributed by atoms with Crippen LogP contribution in [0.15, 0.2) is 5.16 Å². The van der Waals surface area contributed by atoms with E-state index in [0.29, 0.717) is 30.4 Å². The molecule has 2 bridgehead atoms. The molecule has 16 atom stereocenters. The van der Waals surface area contributed by atoms with Gasteiger partial charge >= 0.3 is 5.97 Å². The van der Waals surface area contributed by atoms with Crippen LogP contribution in [-0.2, 0) is 38.0 Å². The molecule has 296 valence electrons. The van der Waals surface area contributed by atoms with Gasteiger partial charge in [0, 0.05) is 24.2 Å². The Kier molecular flexibility index (Phi) is 13.5. The number of nitrogens with zero attached hydrogens (tertiary/aromatic N) is 1. The van der Waals surface area contributed by atoms with Crippen molar-refractivity contribution in [3.8, 4) is 0 Å². The van der Waals surface area contributed by atoms with E-state index >= 15 is 0 Å². The lowest BCUT2D eigenvalue weighted by atomic mass is 9.69. The van der Waals surface area contributed by atoms with E-state index in [1.165, 1.54) is 0 Å². The Balaban J connectivity index is 1.84. The third-order valence-electron chi connectivity index (χ3n) is 13.2. The predicted molar refractivity (Wildman–Crippen MR) is 197 cm³/mol. The van der Waals surface area contributed by atoms with E-state index in [9.17, 15) is 10.0 Å². The molecule has 0 aliphatic carbocycles. The predicted octanol–water partition coefficient (Wildman–Crippen LogP) is 8.61. The Morgan fingerprint density at radius 2 is 1.45 bits per heavy atom. The molecule has 4 aliphatic heterocycles. The van der Waals surface area contributed by atoms with Crippen molar-refractivity contribution >= 4 is 11.7 Å². The van der Waals surface area contributed by atoms with E-state index in [1.54, 1.807) is 0 Å². The van der Waals surface area contributed by atoms with Crippen molar-refractivity contribution in [1.82, 2.24) is 0 Å². The van der Waals surface area contributed by atoms with Gasteiger partial charge in [0.05, 0.1) is 36.4 Å². The van der Waals surface area contributed by atoms with Crippen LogP contribution in [0.3, 0.4) is 0 Å². The lowest BCUT2D eigenvalue weighted by Crippen LogP contribution is -2.58. The van der Waals surface area contributed by atoms with Gasteiger partial charge in [-0.1, -0.05) is 81.3 Å². The molecule has 10 nitrogen and oxygen atoms in total. The van der Waals surface area contributed by atoms with E-state index in [4.69, 9.17) is 33.2 Å². The maximum atomic E-state index is 14.4. The molecule has 0 spiro atoms. The van der Waals surface area contributed by atoms with E-state index < -0.39 is 54.0 Å². The molecule has 4 rings (SSSR count). The van der Waals surface area contributed by atoms with E-state index in [-0.39, 0.29) is 53.5 Å². The minimum atomic E-state index is -0.953. The fourth-order valence-electron chi connectivity index (χ4n) is 9.63. The van der Waals surface area contributed by atoms with Crippen LogP contribution in [0.1, 0.15) is 136 Å². The number of hydrogen-bond donors (Lipinski definition) is 1. The monoisotopic (exact) mass is 724 g/mol. The third kappa shape index (κ3) is 9.33. The Morgan fingerprint density at radius 1 is 0.804 bits per heavy atom. The Morgan fingerprint density at radius 3 is 2.04 bits per heavy atom. The number of carbonyl (C=O) groups is 1. The highest BCUT2D eigenvalue weighted by atomic mass is 16.7. The Labute approximate surface area is 309 Å². The number of ether oxygens (including phenoxy) is 7. The summed E-state index contributed by atoms with van der Waals surface area (Å²) in [5.74, 6) is -1.52. The van der Waals surface area contributed by atoms with Crippen LogP contribution in [0.2, 0.25) is 0 Å². The average Bonchev–Trinajstić information content (AvgIpc) is 3.02. The number of carbonyl (C=O) groups excluding carboxylic acids is 1. The second-order valence-corrected chi connectivity index (χ2v) is 18.9. The normalized spacial score (nSPS) is 47.3. The van der Waals surface area contributed by atoms with E-state index in [2.05, 4.69) is 88.2 Å². The van der Waals surface area contributed by atoms with Gasteiger partial charge in [0.1, 0.15) is 17.9 Å². The highest BCUT2D eigenvalue weighted by molar-refractivity contribution is 5.94. The van der Waals surface area contributed by atoms with Crippen molar-refractivity contribution in [1.29, 1.82) is 0 Å². The van der Waals surface area contributed by atoms with Gasteiger partial charge in [-0.25, -0.2) is 0 Å². The first kappa shape index (κ1) is 42.4. The lowest BCUT2D eigenvalue weighted by Gasteiger charge is -2.51. The highest BCUT2D eigenvalue weighted by Gasteiger charge is 2.52. The van der Waals surface area contributed by atoms with Crippen LogP contribution in [-0.4, -0.2) is 78.0 Å². The fraction of sp³-hybridized carbons (Fsp3) is 0.951. The van der Waals surface area contributed by atoms with Crippen LogP contribution in [0.5, 0.6) is 0 Å². The molecular formula is C41H73NO9. The van der Waals surface area contributed by atoms with Crippen LogP contribution in [0.25, 0.3) is 0 Å². The summed E-state index contributed by atoms with van der Waals surface area (Å²) in [5, 5.41) is 14.2. The van der Waals surface area contributed by atoms with Crippen molar-refractivity contribution in [2.75, 3.05) is 0 Å². The van der Waals surface area contributed by atoms with Gasteiger partial charge in [-0.3, -0.25) is 4.79 Å². The number of cyclic esters (lactones) is 1. The fourth-order valence-corrected chi connectivity index (χ4v) is 9.63. The molecule has 4 aliphatic rings. The first-order chi connectivity index (χ1) is 23.5. The summed E-state index contributed by atoms with van der Waals surface area (Å²) in [7, 11) is 0. The SMILES string of the molecule is CC[C@H]1OC(=O)[C@H](C)[C@@H](OC2CC(C)(C)[C@@H](C)[C@H](C)O2)[C@H](C)[C@@H](OC2O[C@H](C)C[C@H](C)[C@H]2C)C(C)(C)C[C@@H](C)[C@@H]2OC(C)(C)O[C@@H](/C1=N/O)[C@H]2C. The quantitative estimate of drug-likeness (QED) is 0.169. The Hall–Kier alpha value is -1.30. The van der Waals surface area contributed by atoms with Gasteiger partial charge < -0.3 is 38.4 Å². The number of hydrogen-bond acceptors (Lipinski definition) is 10. The number of esters is 1. The maximum Gasteiger partial charge on any atom is 0.311 e. The molecule has 4 saturated heterocycles. The smallest absolute Gasteiger partial charge is 0.311 e. The van der Waals surface area contributed by atoms with Crippen LogP contribution >= 0.6 is 0 Å². The zero-order valence-corrected chi connectivity index (χ0v) is 34.7. The summed E-state index contributed by atoms with van der Waals surface area (Å²) in [4.78, 5) is 14.4. The molecule has 0 aromatic heterocycles. The molecule has 0 aromatic rings. The van der Waals surface area contributed by atoms with Crippen LogP contribution < -0.4 is 0 Å². The molecule has 0 aromatic carbocycles.